The average molecular weight is 188 g/mol. The van der Waals surface area contributed by atoms with Crippen molar-refractivity contribution in [2.45, 2.75) is 6.42 Å². The quantitative estimate of drug-likeness (QED) is 0.763. The van der Waals surface area contributed by atoms with Crippen molar-refractivity contribution in [3.63, 3.8) is 0 Å². The number of fused-ring (bicyclic) bond motifs is 1. The van der Waals surface area contributed by atoms with Crippen molar-refractivity contribution < 1.29 is 0 Å². The molecule has 0 saturated heterocycles. The highest BCUT2D eigenvalue weighted by atomic mass is 15.1. The standard InChI is InChI=1S/C10H12N4/c11-4-2-1-3-8-5-9-7-13-14-10(9)12-6-8/h1,3,5-7H,2,4,11H2,(H,12,13,14). The topological polar surface area (TPSA) is 67.6 Å². The summed E-state index contributed by atoms with van der Waals surface area (Å²) in [5.74, 6) is 0. The summed E-state index contributed by atoms with van der Waals surface area (Å²) < 4.78 is 0. The number of nitrogens with one attached hydrogen (secondary N) is 1. The van der Waals surface area contributed by atoms with Gasteiger partial charge in [-0.1, -0.05) is 12.2 Å². The molecule has 72 valence electrons. The minimum Gasteiger partial charge on any atom is -0.330 e. The number of rotatable bonds is 3. The summed E-state index contributed by atoms with van der Waals surface area (Å²) in [5, 5.41) is 7.74. The average Bonchev–Trinajstić information content (AvgIpc) is 2.65. The van der Waals surface area contributed by atoms with Gasteiger partial charge in [-0.05, 0) is 24.6 Å². The molecule has 0 aliphatic rings. The lowest BCUT2D eigenvalue weighted by Crippen LogP contribution is -1.94. The van der Waals surface area contributed by atoms with Crippen molar-refractivity contribution in [1.82, 2.24) is 15.2 Å². The molecule has 0 saturated carbocycles. The molecule has 0 spiro atoms. The summed E-state index contributed by atoms with van der Waals surface area (Å²) in [4.78, 5) is 4.22. The molecular formula is C10H12N4. The number of nitrogens with two attached hydrogens (primary N) is 1. The number of aromatic nitrogens is 3. The van der Waals surface area contributed by atoms with E-state index < -0.39 is 0 Å². The molecule has 2 aromatic heterocycles. The van der Waals surface area contributed by atoms with Gasteiger partial charge in [-0.3, -0.25) is 5.10 Å². The Hall–Kier alpha value is -1.68. The van der Waals surface area contributed by atoms with Crippen molar-refractivity contribution in [3.05, 3.63) is 30.1 Å². The van der Waals surface area contributed by atoms with Crippen LogP contribution in [-0.4, -0.2) is 21.7 Å². The van der Waals surface area contributed by atoms with Gasteiger partial charge in [0.25, 0.3) is 0 Å². The monoisotopic (exact) mass is 188 g/mol. The maximum atomic E-state index is 5.38. The molecule has 14 heavy (non-hydrogen) atoms. The van der Waals surface area contributed by atoms with Crippen LogP contribution in [0, 0.1) is 0 Å². The van der Waals surface area contributed by atoms with Gasteiger partial charge >= 0.3 is 0 Å². The lowest BCUT2D eigenvalue weighted by molar-refractivity contribution is 1.01. The van der Waals surface area contributed by atoms with Crippen LogP contribution in [0.3, 0.4) is 0 Å². The molecule has 0 radical (unpaired) electrons. The molecule has 0 atom stereocenters. The maximum absolute atomic E-state index is 5.38. The van der Waals surface area contributed by atoms with Gasteiger partial charge in [0, 0.05) is 11.6 Å². The molecule has 2 rings (SSSR count). The molecule has 4 heteroatoms. The molecule has 0 aliphatic carbocycles. The molecule has 2 heterocycles. The van der Waals surface area contributed by atoms with Crippen LogP contribution in [-0.2, 0) is 0 Å². The lowest BCUT2D eigenvalue weighted by Gasteiger charge is -1.92. The van der Waals surface area contributed by atoms with E-state index in [1.165, 1.54) is 0 Å². The Morgan fingerprint density at radius 2 is 2.36 bits per heavy atom. The van der Waals surface area contributed by atoms with Crippen LogP contribution in [0.5, 0.6) is 0 Å². The number of hydrogen-bond donors (Lipinski definition) is 2. The van der Waals surface area contributed by atoms with E-state index in [4.69, 9.17) is 5.73 Å². The Balaban J connectivity index is 2.25. The Morgan fingerprint density at radius 1 is 1.43 bits per heavy atom. The zero-order valence-electron chi connectivity index (χ0n) is 7.77. The van der Waals surface area contributed by atoms with Crippen LogP contribution in [0.2, 0.25) is 0 Å². The molecule has 2 aromatic rings. The van der Waals surface area contributed by atoms with Crippen LogP contribution in [0.15, 0.2) is 24.5 Å². The minimum absolute atomic E-state index is 0.678. The van der Waals surface area contributed by atoms with Crippen molar-refractivity contribution >= 4 is 17.1 Å². The van der Waals surface area contributed by atoms with Crippen molar-refractivity contribution in [2.75, 3.05) is 6.54 Å². The number of pyridine rings is 1. The summed E-state index contributed by atoms with van der Waals surface area (Å²) in [6.07, 6.45) is 8.54. The van der Waals surface area contributed by atoms with E-state index >= 15 is 0 Å². The molecular weight excluding hydrogens is 176 g/mol. The second kappa shape index (κ2) is 4.02. The number of nitrogens with zero attached hydrogens (tertiary/aromatic N) is 2. The molecule has 0 fully saturated rings. The Bertz CT molecular complexity index is 444. The first-order valence-corrected chi connectivity index (χ1v) is 4.56. The second-order valence-electron chi connectivity index (χ2n) is 3.06. The predicted octanol–water partition coefficient (Wildman–Crippen LogP) is 1.32. The molecule has 0 amide bonds. The van der Waals surface area contributed by atoms with E-state index in [1.807, 2.05) is 24.4 Å². The SMILES string of the molecule is NCCC=Cc1cnc2[nH]ncc2c1. The fraction of sp³-hybridized carbons (Fsp3) is 0.200. The van der Waals surface area contributed by atoms with Crippen molar-refractivity contribution in [3.8, 4) is 0 Å². The third-order valence-electron chi connectivity index (χ3n) is 1.96. The summed E-state index contributed by atoms with van der Waals surface area (Å²) in [6.45, 7) is 0.678. The van der Waals surface area contributed by atoms with E-state index in [-0.39, 0.29) is 0 Å². The van der Waals surface area contributed by atoms with E-state index in [0.29, 0.717) is 6.54 Å². The molecule has 0 unspecified atom stereocenters. The number of aromatic amines is 1. The second-order valence-corrected chi connectivity index (χ2v) is 3.06. The Labute approximate surface area is 81.8 Å². The van der Waals surface area contributed by atoms with E-state index in [0.717, 1.165) is 23.0 Å². The summed E-state index contributed by atoms with van der Waals surface area (Å²) in [6, 6.07) is 2.04. The highest BCUT2D eigenvalue weighted by Gasteiger charge is 1.95. The zero-order chi connectivity index (χ0) is 9.80. The van der Waals surface area contributed by atoms with Gasteiger partial charge in [-0.25, -0.2) is 4.98 Å². The summed E-state index contributed by atoms with van der Waals surface area (Å²) in [5.41, 5.74) is 7.28. The Morgan fingerprint density at radius 3 is 3.21 bits per heavy atom. The minimum atomic E-state index is 0.678. The zero-order valence-corrected chi connectivity index (χ0v) is 7.77. The fourth-order valence-electron chi connectivity index (χ4n) is 1.26. The van der Waals surface area contributed by atoms with E-state index in [2.05, 4.69) is 15.2 Å². The van der Waals surface area contributed by atoms with Gasteiger partial charge in [-0.15, -0.1) is 0 Å². The largest absolute Gasteiger partial charge is 0.330 e. The molecule has 0 bridgehead atoms. The van der Waals surface area contributed by atoms with Crippen LogP contribution in [0.1, 0.15) is 12.0 Å². The van der Waals surface area contributed by atoms with Crippen LogP contribution in [0.25, 0.3) is 17.1 Å². The Kier molecular flexibility index (Phi) is 2.55. The summed E-state index contributed by atoms with van der Waals surface area (Å²) >= 11 is 0. The normalized spacial score (nSPS) is 11.5. The van der Waals surface area contributed by atoms with Crippen LogP contribution in [0.4, 0.5) is 0 Å². The number of hydrogen-bond acceptors (Lipinski definition) is 3. The highest BCUT2D eigenvalue weighted by Crippen LogP contribution is 2.10. The maximum Gasteiger partial charge on any atom is 0.155 e. The summed E-state index contributed by atoms with van der Waals surface area (Å²) in [7, 11) is 0. The van der Waals surface area contributed by atoms with Crippen LogP contribution >= 0.6 is 0 Å². The predicted molar refractivity (Wildman–Crippen MR) is 56.6 cm³/mol. The molecule has 3 N–H and O–H groups in total. The van der Waals surface area contributed by atoms with Crippen molar-refractivity contribution in [1.29, 1.82) is 0 Å². The van der Waals surface area contributed by atoms with Gasteiger partial charge in [0.2, 0.25) is 0 Å². The van der Waals surface area contributed by atoms with Crippen molar-refractivity contribution in [2.24, 2.45) is 5.73 Å². The third kappa shape index (κ3) is 1.80. The molecule has 4 nitrogen and oxygen atoms in total. The lowest BCUT2D eigenvalue weighted by atomic mass is 10.2. The van der Waals surface area contributed by atoms with Gasteiger partial charge in [0.15, 0.2) is 5.65 Å². The van der Waals surface area contributed by atoms with Gasteiger partial charge in [0.05, 0.1) is 6.20 Å². The van der Waals surface area contributed by atoms with Crippen LogP contribution < -0.4 is 5.73 Å². The smallest absolute Gasteiger partial charge is 0.155 e. The molecule has 0 aliphatic heterocycles. The van der Waals surface area contributed by atoms with Gasteiger partial charge in [-0.2, -0.15) is 5.10 Å². The van der Waals surface area contributed by atoms with Gasteiger partial charge < -0.3 is 5.73 Å². The first-order valence-electron chi connectivity index (χ1n) is 4.56. The van der Waals surface area contributed by atoms with E-state index in [1.54, 1.807) is 6.20 Å². The first kappa shape index (κ1) is 8.90. The number of H-pyrrole nitrogens is 1. The fourth-order valence-corrected chi connectivity index (χ4v) is 1.26. The molecule has 0 aromatic carbocycles. The highest BCUT2D eigenvalue weighted by molar-refractivity contribution is 5.76. The van der Waals surface area contributed by atoms with E-state index in [9.17, 15) is 0 Å². The third-order valence-corrected chi connectivity index (χ3v) is 1.96. The van der Waals surface area contributed by atoms with Gasteiger partial charge in [0.1, 0.15) is 0 Å². The first-order chi connectivity index (χ1) is 6.90.